The van der Waals surface area contributed by atoms with Gasteiger partial charge in [0.2, 0.25) is 0 Å². The van der Waals surface area contributed by atoms with Crippen molar-refractivity contribution in [2.45, 2.75) is 12.5 Å². The highest BCUT2D eigenvalue weighted by Gasteiger charge is 2.14. The van der Waals surface area contributed by atoms with Crippen molar-refractivity contribution in [2.75, 3.05) is 17.3 Å². The molecule has 0 unspecified atom stereocenters. The summed E-state index contributed by atoms with van der Waals surface area (Å²) in [5, 5.41) is 15.3. The van der Waals surface area contributed by atoms with Crippen molar-refractivity contribution in [3.8, 4) is 11.4 Å². The van der Waals surface area contributed by atoms with Crippen molar-refractivity contribution >= 4 is 34.5 Å². The molecule has 25 heavy (non-hydrogen) atoms. The van der Waals surface area contributed by atoms with Crippen LogP contribution in [0.4, 0.5) is 5.82 Å². The predicted molar refractivity (Wildman–Crippen MR) is 100 cm³/mol. The third-order valence-corrected chi connectivity index (χ3v) is 4.49. The predicted octanol–water partition coefficient (Wildman–Crippen LogP) is 2.58. The topological polar surface area (TPSA) is 77.9 Å². The number of carbonyl (C=O) groups excluding carboxylic acids is 1. The number of para-hydroxylation sites is 1. The van der Waals surface area contributed by atoms with Gasteiger partial charge in [-0.05, 0) is 30.6 Å². The lowest BCUT2D eigenvalue weighted by molar-refractivity contribution is -0.306. The van der Waals surface area contributed by atoms with Gasteiger partial charge in [0.25, 0.3) is 0 Å². The molecule has 2 aromatic carbocycles. The number of carboxylic acid groups (broad SMARTS) is 1. The summed E-state index contributed by atoms with van der Waals surface area (Å²) < 4.78 is 0. The molecule has 0 bridgehead atoms. The zero-order chi connectivity index (χ0) is 17.6. The van der Waals surface area contributed by atoms with E-state index in [1.54, 1.807) is 11.8 Å². The molecule has 1 atom stereocenters. The van der Waals surface area contributed by atoms with E-state index in [1.165, 1.54) is 0 Å². The second kappa shape index (κ2) is 7.98. The van der Waals surface area contributed by atoms with Gasteiger partial charge in [-0.25, -0.2) is 9.97 Å². The minimum atomic E-state index is -1.13. The molecular formula is C19H18N3O2S-. The Labute approximate surface area is 150 Å². The average molecular weight is 352 g/mol. The number of nitrogens with zero attached hydrogens (tertiary/aromatic N) is 2. The molecule has 3 rings (SSSR count). The van der Waals surface area contributed by atoms with E-state index in [0.29, 0.717) is 18.1 Å². The molecule has 6 heteroatoms. The minimum absolute atomic E-state index is 0.461. The van der Waals surface area contributed by atoms with Gasteiger partial charge >= 0.3 is 0 Å². The lowest BCUT2D eigenvalue weighted by atomic mass is 10.1. The normalized spacial score (nSPS) is 12.0. The molecule has 0 radical (unpaired) electrons. The first-order valence-electron chi connectivity index (χ1n) is 7.97. The molecule has 0 aliphatic heterocycles. The Morgan fingerprint density at radius 3 is 2.56 bits per heavy atom. The molecule has 1 heterocycles. The third kappa shape index (κ3) is 4.09. The van der Waals surface area contributed by atoms with Gasteiger partial charge in [0.05, 0.1) is 17.5 Å². The van der Waals surface area contributed by atoms with Gasteiger partial charge < -0.3 is 15.2 Å². The van der Waals surface area contributed by atoms with Crippen molar-refractivity contribution < 1.29 is 9.90 Å². The summed E-state index contributed by atoms with van der Waals surface area (Å²) >= 11 is 1.60. The molecule has 0 spiro atoms. The highest BCUT2D eigenvalue weighted by atomic mass is 32.2. The molecule has 0 aliphatic carbocycles. The Morgan fingerprint density at radius 1 is 1.12 bits per heavy atom. The summed E-state index contributed by atoms with van der Waals surface area (Å²) in [5.41, 5.74) is 1.64. The Morgan fingerprint density at radius 2 is 1.84 bits per heavy atom. The fourth-order valence-electron chi connectivity index (χ4n) is 2.55. The number of aromatic nitrogens is 2. The van der Waals surface area contributed by atoms with Crippen LogP contribution in [0.25, 0.3) is 22.3 Å². The Hall–Kier alpha value is -2.60. The van der Waals surface area contributed by atoms with Crippen molar-refractivity contribution in [1.29, 1.82) is 0 Å². The molecule has 3 aromatic rings. The van der Waals surface area contributed by atoms with E-state index >= 15 is 0 Å². The summed E-state index contributed by atoms with van der Waals surface area (Å²) in [4.78, 5) is 20.7. The van der Waals surface area contributed by atoms with Crippen LogP contribution < -0.4 is 10.4 Å². The van der Waals surface area contributed by atoms with Gasteiger partial charge in [-0.3, -0.25) is 0 Å². The number of benzene rings is 2. The lowest BCUT2D eigenvalue weighted by Gasteiger charge is -2.21. The number of thioether (sulfide) groups is 1. The largest absolute Gasteiger partial charge is 0.548 e. The first-order valence-corrected chi connectivity index (χ1v) is 9.37. The van der Waals surface area contributed by atoms with E-state index in [-0.39, 0.29) is 0 Å². The number of fused-ring (bicyclic) bond motifs is 1. The van der Waals surface area contributed by atoms with Crippen molar-refractivity contribution in [2.24, 2.45) is 0 Å². The van der Waals surface area contributed by atoms with Gasteiger partial charge in [-0.1, -0.05) is 42.5 Å². The first-order chi connectivity index (χ1) is 12.2. The molecule has 0 aliphatic rings. The second-order valence-electron chi connectivity index (χ2n) is 5.58. The van der Waals surface area contributed by atoms with E-state index in [2.05, 4.69) is 15.3 Å². The van der Waals surface area contributed by atoms with Gasteiger partial charge in [-0.2, -0.15) is 11.8 Å². The molecular weight excluding hydrogens is 334 g/mol. The van der Waals surface area contributed by atoms with Crippen LogP contribution >= 0.6 is 11.8 Å². The summed E-state index contributed by atoms with van der Waals surface area (Å²) in [7, 11) is 0. The molecule has 5 nitrogen and oxygen atoms in total. The average Bonchev–Trinajstić information content (AvgIpc) is 2.65. The van der Waals surface area contributed by atoms with Crippen LogP contribution in [-0.4, -0.2) is 34.0 Å². The van der Waals surface area contributed by atoms with Crippen molar-refractivity contribution in [3.63, 3.8) is 0 Å². The molecule has 0 fully saturated rings. The number of nitrogens with one attached hydrogen (secondary N) is 1. The SMILES string of the molecule is CSCC[C@H](Nc1nc(-c2ccccc2)nc2ccccc12)C(=O)[O-]. The quantitative estimate of drug-likeness (QED) is 0.704. The maximum absolute atomic E-state index is 11.5. The van der Waals surface area contributed by atoms with Crippen molar-refractivity contribution in [1.82, 2.24) is 9.97 Å². The maximum atomic E-state index is 11.5. The van der Waals surface area contributed by atoms with Crippen LogP contribution in [-0.2, 0) is 4.79 Å². The molecule has 128 valence electrons. The molecule has 0 saturated carbocycles. The van der Waals surface area contributed by atoms with Crippen molar-refractivity contribution in [3.05, 3.63) is 54.6 Å². The van der Waals surface area contributed by atoms with Crippen LogP contribution in [0, 0.1) is 0 Å². The van der Waals surface area contributed by atoms with Crippen LogP contribution in [0.5, 0.6) is 0 Å². The fourth-order valence-corrected chi connectivity index (χ4v) is 3.02. The first kappa shape index (κ1) is 17.2. The fraction of sp³-hybridized carbons (Fsp3) is 0.211. The number of anilines is 1. The number of hydrogen-bond acceptors (Lipinski definition) is 6. The smallest absolute Gasteiger partial charge is 0.162 e. The Kier molecular flexibility index (Phi) is 5.50. The second-order valence-corrected chi connectivity index (χ2v) is 6.56. The van der Waals surface area contributed by atoms with Crippen LogP contribution in [0.1, 0.15) is 6.42 Å². The van der Waals surface area contributed by atoms with E-state index < -0.39 is 12.0 Å². The minimum Gasteiger partial charge on any atom is -0.548 e. The van der Waals surface area contributed by atoms with Gasteiger partial charge in [-0.15, -0.1) is 0 Å². The third-order valence-electron chi connectivity index (χ3n) is 3.84. The van der Waals surface area contributed by atoms with Gasteiger partial charge in [0.1, 0.15) is 5.82 Å². The molecule has 1 N–H and O–H groups in total. The standard InChI is InChI=1S/C19H19N3O2S/c1-25-12-11-16(19(23)24)21-18-14-9-5-6-10-15(14)20-17(22-18)13-7-3-2-4-8-13/h2-10,16H,11-12H2,1H3,(H,23,24)(H,20,21,22)/p-1/t16-/m0/s1. The van der Waals surface area contributed by atoms with Crippen LogP contribution in [0.3, 0.4) is 0 Å². The summed E-state index contributed by atoms with van der Waals surface area (Å²) in [6.45, 7) is 0. The van der Waals surface area contributed by atoms with Gasteiger partial charge in [0, 0.05) is 10.9 Å². The van der Waals surface area contributed by atoms with Crippen LogP contribution in [0.2, 0.25) is 0 Å². The lowest BCUT2D eigenvalue weighted by Crippen LogP contribution is -2.41. The Bertz CT molecular complexity index is 871. The highest BCUT2D eigenvalue weighted by molar-refractivity contribution is 7.98. The van der Waals surface area contributed by atoms with E-state index in [0.717, 1.165) is 22.2 Å². The number of aliphatic carboxylic acids is 1. The molecule has 0 saturated heterocycles. The zero-order valence-electron chi connectivity index (χ0n) is 13.8. The van der Waals surface area contributed by atoms with Gasteiger partial charge in [0.15, 0.2) is 5.82 Å². The number of carboxylic acids is 1. The molecule has 1 aromatic heterocycles. The van der Waals surface area contributed by atoms with E-state index in [1.807, 2.05) is 60.9 Å². The summed E-state index contributed by atoms with van der Waals surface area (Å²) in [6.07, 6.45) is 2.41. The maximum Gasteiger partial charge on any atom is 0.162 e. The number of carbonyl (C=O) groups is 1. The number of rotatable bonds is 7. The van der Waals surface area contributed by atoms with E-state index in [9.17, 15) is 9.90 Å². The monoisotopic (exact) mass is 352 g/mol. The summed E-state index contributed by atoms with van der Waals surface area (Å²) in [5.74, 6) is 0.668. The summed E-state index contributed by atoms with van der Waals surface area (Å²) in [6, 6.07) is 16.4. The number of hydrogen-bond donors (Lipinski definition) is 1. The van der Waals surface area contributed by atoms with Crippen LogP contribution in [0.15, 0.2) is 54.6 Å². The molecule has 0 amide bonds. The zero-order valence-corrected chi connectivity index (χ0v) is 14.6. The highest BCUT2D eigenvalue weighted by Crippen LogP contribution is 2.25. The Balaban J connectivity index is 2.04. The van der Waals surface area contributed by atoms with E-state index in [4.69, 9.17) is 0 Å².